The molecule has 9 N–H and O–H groups in total. The van der Waals surface area contributed by atoms with Crippen LogP contribution in [0.15, 0.2) is 30.9 Å². The molecule has 4 rings (SSSR count). The molecule has 0 amide bonds. The zero-order chi connectivity index (χ0) is 25.0. The van der Waals surface area contributed by atoms with Crippen molar-refractivity contribution >= 4 is 23.0 Å². The van der Waals surface area contributed by atoms with Crippen molar-refractivity contribution in [2.45, 2.75) is 37.0 Å². The number of carboxylic acid groups (broad SMARTS) is 1. The lowest BCUT2D eigenvalue weighted by Crippen LogP contribution is -2.33. The molecule has 0 spiro atoms. The maximum Gasteiger partial charge on any atom is 0.320 e. The smallest absolute Gasteiger partial charge is 0.320 e. The van der Waals surface area contributed by atoms with Crippen molar-refractivity contribution in [2.75, 3.05) is 19.5 Å². The summed E-state index contributed by atoms with van der Waals surface area (Å²) in [4.78, 5) is 22.4. The number of nitrogen functional groups attached to an aromatic ring is 1. The van der Waals surface area contributed by atoms with Gasteiger partial charge in [0.25, 0.3) is 0 Å². The van der Waals surface area contributed by atoms with E-state index < -0.39 is 43.2 Å². The number of phenolic OH excluding ortho intramolecular Hbond substituents is 1. The van der Waals surface area contributed by atoms with E-state index >= 15 is 0 Å². The molecule has 2 aromatic heterocycles. The van der Waals surface area contributed by atoms with Crippen LogP contribution in [0.1, 0.15) is 11.8 Å². The number of carboxylic acids is 1. The zero-order valence-corrected chi connectivity index (χ0v) is 18.1. The molecule has 184 valence electrons. The highest BCUT2D eigenvalue weighted by Crippen LogP contribution is 2.31. The number of rotatable bonds is 6. The normalized spacial score (nSPS) is 22.7. The van der Waals surface area contributed by atoms with E-state index in [1.54, 1.807) is 12.1 Å². The van der Waals surface area contributed by atoms with E-state index in [0.29, 0.717) is 22.5 Å². The van der Waals surface area contributed by atoms with Crippen LogP contribution in [-0.2, 0) is 16.0 Å². The van der Waals surface area contributed by atoms with E-state index in [1.165, 1.54) is 30.4 Å². The maximum atomic E-state index is 10.5. The summed E-state index contributed by atoms with van der Waals surface area (Å²) in [5.41, 5.74) is 12.5. The Morgan fingerprint density at radius 3 is 2.62 bits per heavy atom. The van der Waals surface area contributed by atoms with Gasteiger partial charge in [0.1, 0.15) is 36.2 Å². The molecule has 0 bridgehead atoms. The third kappa shape index (κ3) is 5.16. The van der Waals surface area contributed by atoms with Crippen LogP contribution < -0.4 is 16.2 Å². The van der Waals surface area contributed by atoms with Crippen LogP contribution in [0.25, 0.3) is 11.2 Å². The van der Waals surface area contributed by atoms with Gasteiger partial charge in [0, 0.05) is 0 Å². The van der Waals surface area contributed by atoms with E-state index in [9.17, 15) is 20.1 Å². The van der Waals surface area contributed by atoms with Crippen molar-refractivity contribution in [3.8, 4) is 11.5 Å². The number of ether oxygens (including phenoxy) is 2. The monoisotopic (exact) mass is 478 g/mol. The summed E-state index contributed by atoms with van der Waals surface area (Å²) in [5, 5.41) is 46.7. The number of aliphatic carboxylic acids is 1. The number of carbonyl (C=O) groups is 1. The van der Waals surface area contributed by atoms with Crippen LogP contribution in [0.2, 0.25) is 0 Å². The van der Waals surface area contributed by atoms with E-state index in [4.69, 9.17) is 31.2 Å². The van der Waals surface area contributed by atoms with E-state index in [2.05, 4.69) is 15.0 Å². The van der Waals surface area contributed by atoms with Crippen molar-refractivity contribution in [1.82, 2.24) is 19.5 Å². The summed E-state index contributed by atoms with van der Waals surface area (Å²) < 4.78 is 11.7. The van der Waals surface area contributed by atoms with Gasteiger partial charge in [0.2, 0.25) is 0 Å². The first-order chi connectivity index (χ1) is 16.2. The zero-order valence-electron chi connectivity index (χ0n) is 18.1. The van der Waals surface area contributed by atoms with Crippen LogP contribution in [0.4, 0.5) is 5.82 Å². The third-order valence-corrected chi connectivity index (χ3v) is 5.20. The van der Waals surface area contributed by atoms with Crippen molar-refractivity contribution < 1.29 is 39.8 Å². The summed E-state index contributed by atoms with van der Waals surface area (Å²) >= 11 is 0. The Balaban J connectivity index is 0.000000197. The van der Waals surface area contributed by atoms with Crippen molar-refractivity contribution in [3.05, 3.63) is 36.4 Å². The molecule has 1 aromatic carbocycles. The number of imidazole rings is 1. The highest BCUT2D eigenvalue weighted by molar-refractivity contribution is 5.81. The average molecular weight is 478 g/mol. The van der Waals surface area contributed by atoms with Crippen LogP contribution in [0.3, 0.4) is 0 Å². The van der Waals surface area contributed by atoms with Crippen molar-refractivity contribution in [3.63, 3.8) is 0 Å². The SMILES string of the molecule is COc1cc(C[C@H](N)C(=O)O)ccc1O.Nc1ncnc2c1ncn2[C@@H]1O[C@H](CO)[C@@H](O)[C@H]1O. The lowest BCUT2D eigenvalue weighted by atomic mass is 10.1. The first-order valence-corrected chi connectivity index (χ1v) is 10.1. The number of anilines is 1. The molecule has 5 atom stereocenters. The van der Waals surface area contributed by atoms with Gasteiger partial charge >= 0.3 is 5.97 Å². The molecule has 3 heterocycles. The van der Waals surface area contributed by atoms with Gasteiger partial charge in [-0.3, -0.25) is 9.36 Å². The van der Waals surface area contributed by atoms with Gasteiger partial charge in [0.15, 0.2) is 29.2 Å². The summed E-state index contributed by atoms with van der Waals surface area (Å²) in [6.07, 6.45) is -1.22. The third-order valence-electron chi connectivity index (χ3n) is 5.20. The summed E-state index contributed by atoms with van der Waals surface area (Å²) in [7, 11) is 1.43. The number of nitrogens with two attached hydrogens (primary N) is 2. The van der Waals surface area contributed by atoms with Gasteiger partial charge in [0.05, 0.1) is 20.0 Å². The number of nitrogens with zero attached hydrogens (tertiary/aromatic N) is 4. The molecule has 0 unspecified atom stereocenters. The van der Waals surface area contributed by atoms with Crippen LogP contribution >= 0.6 is 0 Å². The molecule has 14 heteroatoms. The summed E-state index contributed by atoms with van der Waals surface area (Å²) in [5.74, 6) is -0.507. The fourth-order valence-electron chi connectivity index (χ4n) is 3.36. The molecule has 1 aliphatic heterocycles. The predicted molar refractivity (Wildman–Crippen MR) is 117 cm³/mol. The van der Waals surface area contributed by atoms with Gasteiger partial charge in [-0.1, -0.05) is 6.07 Å². The second-order valence-electron chi connectivity index (χ2n) is 7.47. The molecular formula is C20H26N6O8. The lowest BCUT2D eigenvalue weighted by Gasteiger charge is -2.16. The van der Waals surface area contributed by atoms with Crippen molar-refractivity contribution in [2.24, 2.45) is 5.73 Å². The van der Waals surface area contributed by atoms with Crippen LogP contribution in [0.5, 0.6) is 11.5 Å². The molecule has 0 aliphatic carbocycles. The standard InChI is InChI=1S/C10H13N5O4.C10H13NO4/c11-8-5-9(13-2-12-8)15(3-14-5)10-7(18)6(17)4(1-16)19-10;1-15-9-5-6(2-3-8(9)12)4-7(11)10(13)14/h2-4,6-7,10,16-18H,1H2,(H2,11,12,13);2-3,5,7,12H,4,11H2,1H3,(H,13,14)/t4-,6-,7-,10-;7-/m10/s1. The van der Waals surface area contributed by atoms with Crippen molar-refractivity contribution in [1.29, 1.82) is 0 Å². The molecule has 0 radical (unpaired) electrons. The number of hydrogen-bond donors (Lipinski definition) is 7. The molecule has 3 aromatic rings. The number of phenols is 1. The van der Waals surface area contributed by atoms with E-state index in [-0.39, 0.29) is 18.0 Å². The number of aromatic hydroxyl groups is 1. The first kappa shape index (κ1) is 25.1. The number of benzene rings is 1. The lowest BCUT2D eigenvalue weighted by molar-refractivity contribution is -0.138. The highest BCUT2D eigenvalue weighted by atomic mass is 16.6. The summed E-state index contributed by atoms with van der Waals surface area (Å²) in [6, 6.07) is 3.68. The molecule has 1 aliphatic rings. The maximum absolute atomic E-state index is 10.5. The Kier molecular flexibility index (Phi) is 7.80. The summed E-state index contributed by atoms with van der Waals surface area (Å²) in [6.45, 7) is -0.390. The fraction of sp³-hybridized carbons (Fsp3) is 0.400. The Bertz CT molecular complexity index is 1140. The average Bonchev–Trinajstić information content (AvgIpc) is 3.37. The van der Waals surface area contributed by atoms with E-state index in [1.807, 2.05) is 0 Å². The minimum absolute atomic E-state index is 0.0187. The minimum Gasteiger partial charge on any atom is -0.504 e. The second kappa shape index (κ2) is 10.6. The second-order valence-corrected chi connectivity index (χ2v) is 7.47. The quantitative estimate of drug-likeness (QED) is 0.211. The Morgan fingerprint density at radius 1 is 1.26 bits per heavy atom. The van der Waals surface area contributed by atoms with Crippen LogP contribution in [-0.4, -0.2) is 89.1 Å². The molecule has 34 heavy (non-hydrogen) atoms. The van der Waals surface area contributed by atoms with Gasteiger partial charge in [-0.25, -0.2) is 15.0 Å². The van der Waals surface area contributed by atoms with Crippen LogP contribution in [0, 0.1) is 0 Å². The first-order valence-electron chi connectivity index (χ1n) is 10.1. The number of aliphatic hydroxyl groups is 3. The van der Waals surface area contributed by atoms with Gasteiger partial charge in [-0.15, -0.1) is 0 Å². The van der Waals surface area contributed by atoms with Gasteiger partial charge in [-0.2, -0.15) is 0 Å². The number of aliphatic hydroxyl groups excluding tert-OH is 3. The minimum atomic E-state index is -1.19. The molecule has 14 nitrogen and oxygen atoms in total. The number of hydrogen-bond acceptors (Lipinski definition) is 12. The molecule has 1 saturated heterocycles. The number of aromatic nitrogens is 4. The number of fused-ring (bicyclic) bond motifs is 1. The topological polar surface area (TPSA) is 232 Å². The molecular weight excluding hydrogens is 452 g/mol. The molecule has 0 saturated carbocycles. The Hall–Kier alpha value is -3.56. The fourth-order valence-corrected chi connectivity index (χ4v) is 3.36. The number of methoxy groups -OCH3 is 1. The highest BCUT2D eigenvalue weighted by Gasteiger charge is 2.43. The Morgan fingerprint density at radius 2 is 2.00 bits per heavy atom. The van der Waals surface area contributed by atoms with Gasteiger partial charge in [-0.05, 0) is 24.1 Å². The largest absolute Gasteiger partial charge is 0.504 e. The predicted octanol–water partition coefficient (Wildman–Crippen LogP) is -1.62. The molecule has 1 fully saturated rings. The van der Waals surface area contributed by atoms with Gasteiger partial charge < -0.3 is 46.5 Å². The Labute approximate surface area is 193 Å². The van der Waals surface area contributed by atoms with E-state index in [0.717, 1.165) is 0 Å².